The maximum atomic E-state index is 13.8. The van der Waals surface area contributed by atoms with E-state index in [1.807, 2.05) is 31.2 Å². The number of benzene rings is 1. The van der Waals surface area contributed by atoms with Crippen molar-refractivity contribution in [1.82, 2.24) is 19.6 Å². The number of aryl methyl sites for hydroxylation is 1. The molecule has 0 aliphatic carbocycles. The van der Waals surface area contributed by atoms with Crippen molar-refractivity contribution in [3.63, 3.8) is 0 Å². The number of nitrogens with one attached hydrogen (secondary N) is 2. The Balaban J connectivity index is 1.33. The van der Waals surface area contributed by atoms with Crippen molar-refractivity contribution in [2.24, 2.45) is 0 Å². The number of carbonyl (C=O) groups is 1. The number of hydrogen-bond acceptors (Lipinski definition) is 5. The van der Waals surface area contributed by atoms with Crippen molar-refractivity contribution in [2.75, 3.05) is 10.6 Å². The highest BCUT2D eigenvalue weighted by Crippen LogP contribution is 2.43. The molecule has 0 saturated carbocycles. The summed E-state index contributed by atoms with van der Waals surface area (Å²) in [5.41, 5.74) is 2.05. The topological polar surface area (TPSA) is 89.9 Å². The van der Waals surface area contributed by atoms with E-state index in [1.165, 1.54) is 12.3 Å². The third kappa shape index (κ3) is 4.41. The van der Waals surface area contributed by atoms with E-state index in [0.29, 0.717) is 12.3 Å². The number of nitrogens with zero attached hydrogens (tertiary/aromatic N) is 4. The van der Waals surface area contributed by atoms with Crippen LogP contribution in [0.3, 0.4) is 0 Å². The highest BCUT2D eigenvalue weighted by molar-refractivity contribution is 6.02. The first-order valence-electron chi connectivity index (χ1n) is 10.6. The molecule has 8 nitrogen and oxygen atoms in total. The van der Waals surface area contributed by atoms with E-state index in [9.17, 15) is 18.0 Å². The number of aromatic nitrogens is 4. The summed E-state index contributed by atoms with van der Waals surface area (Å²) >= 11 is 0. The molecular weight excluding hydrogens is 449 g/mol. The van der Waals surface area contributed by atoms with Crippen molar-refractivity contribution in [3.05, 3.63) is 83.6 Å². The average Bonchev–Trinajstić information content (AvgIpc) is 3.54. The van der Waals surface area contributed by atoms with E-state index in [4.69, 9.17) is 4.42 Å². The van der Waals surface area contributed by atoms with Crippen LogP contribution in [0.5, 0.6) is 0 Å². The highest BCUT2D eigenvalue weighted by Gasteiger charge is 2.47. The molecule has 2 N–H and O–H groups in total. The number of alkyl halides is 3. The second-order valence-corrected chi connectivity index (χ2v) is 8.20. The smallest absolute Gasteiger partial charge is 0.410 e. The quantitative estimate of drug-likeness (QED) is 0.431. The predicted octanol–water partition coefficient (Wildman–Crippen LogP) is 4.94. The largest absolute Gasteiger partial charge is 0.467 e. The zero-order valence-electron chi connectivity index (χ0n) is 18.1. The van der Waals surface area contributed by atoms with Crippen molar-refractivity contribution in [2.45, 2.75) is 38.1 Å². The summed E-state index contributed by atoms with van der Waals surface area (Å²) in [5, 5.41) is 13.9. The molecule has 1 aromatic carbocycles. The maximum absolute atomic E-state index is 13.8. The van der Waals surface area contributed by atoms with Crippen LogP contribution >= 0.6 is 0 Å². The van der Waals surface area contributed by atoms with Crippen LogP contribution in [0.25, 0.3) is 0 Å². The predicted molar refractivity (Wildman–Crippen MR) is 117 cm³/mol. The van der Waals surface area contributed by atoms with Gasteiger partial charge in [0.1, 0.15) is 11.6 Å². The second-order valence-electron chi connectivity index (χ2n) is 8.20. The Morgan fingerprint density at radius 1 is 1.21 bits per heavy atom. The van der Waals surface area contributed by atoms with Crippen molar-refractivity contribution in [1.29, 1.82) is 0 Å². The minimum Gasteiger partial charge on any atom is -0.467 e. The lowest BCUT2D eigenvalue weighted by Gasteiger charge is -2.32. The molecule has 0 fully saturated rings. The molecule has 2 atom stereocenters. The van der Waals surface area contributed by atoms with Crippen LogP contribution in [0.1, 0.15) is 45.9 Å². The second kappa shape index (κ2) is 8.40. The minimum absolute atomic E-state index is 0.0880. The summed E-state index contributed by atoms with van der Waals surface area (Å²) in [6.45, 7) is 2.52. The summed E-state index contributed by atoms with van der Waals surface area (Å²) in [6, 6.07) is 11.5. The van der Waals surface area contributed by atoms with Gasteiger partial charge in [-0.3, -0.25) is 9.48 Å². The molecule has 0 radical (unpaired) electrons. The number of amides is 1. The standard InChI is InChI=1S/C23H21F3N6O2/c1-14-4-6-15(7-5-14)13-31-9-8-20(30-31)28-22(33)17-12-21-27-16(18-3-2-10-34-18)11-19(23(24,25)26)32(21)29-17/h2-10,12,16,19,27H,11,13H2,1H3,(H,28,30,33)/t16-,19+/m1/s1. The fourth-order valence-electron chi connectivity index (χ4n) is 3.94. The molecule has 11 heteroatoms. The molecule has 4 heterocycles. The molecule has 1 aliphatic heterocycles. The molecule has 4 aromatic rings. The van der Waals surface area contributed by atoms with Gasteiger partial charge in [0.15, 0.2) is 17.6 Å². The lowest BCUT2D eigenvalue weighted by Crippen LogP contribution is -2.35. The summed E-state index contributed by atoms with van der Waals surface area (Å²) in [4.78, 5) is 12.7. The Bertz CT molecular complexity index is 1290. The Morgan fingerprint density at radius 3 is 2.71 bits per heavy atom. The van der Waals surface area contributed by atoms with Gasteiger partial charge in [-0.05, 0) is 24.6 Å². The van der Waals surface area contributed by atoms with Gasteiger partial charge >= 0.3 is 6.18 Å². The fraction of sp³-hybridized carbons (Fsp3) is 0.261. The number of hydrogen-bond donors (Lipinski definition) is 2. The lowest BCUT2D eigenvalue weighted by molar-refractivity contribution is -0.174. The molecule has 5 rings (SSSR count). The number of halogens is 3. The van der Waals surface area contributed by atoms with Crippen LogP contribution in [-0.2, 0) is 6.54 Å². The van der Waals surface area contributed by atoms with E-state index in [1.54, 1.807) is 29.1 Å². The van der Waals surface area contributed by atoms with Gasteiger partial charge in [0.05, 0.1) is 18.8 Å². The first-order chi connectivity index (χ1) is 16.3. The van der Waals surface area contributed by atoms with Gasteiger partial charge in [-0.1, -0.05) is 29.8 Å². The zero-order valence-corrected chi connectivity index (χ0v) is 18.1. The van der Waals surface area contributed by atoms with E-state index in [-0.39, 0.29) is 23.8 Å². The summed E-state index contributed by atoms with van der Waals surface area (Å²) in [6.07, 6.45) is -1.74. The summed E-state index contributed by atoms with van der Waals surface area (Å²) < 4.78 is 49.0. The molecule has 0 bridgehead atoms. The summed E-state index contributed by atoms with van der Waals surface area (Å²) in [5.74, 6) is 0.0912. The summed E-state index contributed by atoms with van der Waals surface area (Å²) in [7, 11) is 0. The van der Waals surface area contributed by atoms with Gasteiger partial charge in [-0.25, -0.2) is 4.68 Å². The molecule has 1 aliphatic rings. The SMILES string of the molecule is Cc1ccc(Cn2ccc(NC(=O)c3cc4n(n3)[C@H](C(F)(F)F)C[C@H](c3ccco3)N4)n2)cc1. The van der Waals surface area contributed by atoms with Gasteiger partial charge in [0.2, 0.25) is 0 Å². The molecular formula is C23H21F3N6O2. The van der Waals surface area contributed by atoms with Crippen LogP contribution in [0.4, 0.5) is 24.8 Å². The van der Waals surface area contributed by atoms with Crippen LogP contribution in [-0.4, -0.2) is 31.6 Å². The first kappa shape index (κ1) is 21.8. The van der Waals surface area contributed by atoms with Crippen LogP contribution in [0.2, 0.25) is 0 Å². The van der Waals surface area contributed by atoms with Crippen LogP contribution < -0.4 is 10.6 Å². The van der Waals surface area contributed by atoms with Gasteiger partial charge in [-0.15, -0.1) is 0 Å². The number of furan rings is 1. The van der Waals surface area contributed by atoms with Crippen molar-refractivity contribution in [3.8, 4) is 0 Å². The maximum Gasteiger partial charge on any atom is 0.410 e. The highest BCUT2D eigenvalue weighted by atomic mass is 19.4. The van der Waals surface area contributed by atoms with Crippen molar-refractivity contribution < 1.29 is 22.4 Å². The molecule has 34 heavy (non-hydrogen) atoms. The van der Waals surface area contributed by atoms with Crippen LogP contribution in [0, 0.1) is 6.92 Å². The molecule has 1 amide bonds. The Hall–Kier alpha value is -4.02. The van der Waals surface area contributed by atoms with Crippen molar-refractivity contribution >= 4 is 17.5 Å². The third-order valence-corrected chi connectivity index (χ3v) is 5.66. The zero-order chi connectivity index (χ0) is 23.9. The van der Waals surface area contributed by atoms with Gasteiger partial charge < -0.3 is 15.1 Å². The number of fused-ring (bicyclic) bond motifs is 1. The van der Waals surface area contributed by atoms with Gasteiger partial charge in [-0.2, -0.15) is 23.4 Å². The monoisotopic (exact) mass is 470 g/mol. The van der Waals surface area contributed by atoms with Gasteiger partial charge in [0, 0.05) is 24.8 Å². The van der Waals surface area contributed by atoms with E-state index in [2.05, 4.69) is 20.8 Å². The molecule has 176 valence electrons. The van der Waals surface area contributed by atoms with Crippen LogP contribution in [0.15, 0.2) is 65.4 Å². The average molecular weight is 470 g/mol. The number of rotatable bonds is 5. The Labute approximate surface area is 192 Å². The van der Waals surface area contributed by atoms with Gasteiger partial charge in [0.25, 0.3) is 5.91 Å². The molecule has 0 unspecified atom stereocenters. The van der Waals surface area contributed by atoms with E-state index < -0.39 is 24.2 Å². The lowest BCUT2D eigenvalue weighted by atomic mass is 10.0. The van der Waals surface area contributed by atoms with E-state index in [0.717, 1.165) is 15.8 Å². The molecule has 3 aromatic heterocycles. The number of carbonyl (C=O) groups excluding carboxylic acids is 1. The number of anilines is 2. The minimum atomic E-state index is -4.55. The fourth-order valence-corrected chi connectivity index (χ4v) is 3.94. The Morgan fingerprint density at radius 2 is 2.00 bits per heavy atom. The molecule has 0 saturated heterocycles. The van der Waals surface area contributed by atoms with E-state index >= 15 is 0 Å². The first-order valence-corrected chi connectivity index (χ1v) is 10.6. The third-order valence-electron chi connectivity index (χ3n) is 5.66. The Kier molecular flexibility index (Phi) is 5.39. The normalized spacial score (nSPS) is 17.8. The molecule has 0 spiro atoms.